The van der Waals surface area contributed by atoms with Crippen molar-refractivity contribution in [2.24, 2.45) is 11.3 Å². The van der Waals surface area contributed by atoms with Crippen molar-refractivity contribution in [1.29, 1.82) is 0 Å². The van der Waals surface area contributed by atoms with Gasteiger partial charge in [0.25, 0.3) is 0 Å². The lowest BCUT2D eigenvalue weighted by Gasteiger charge is -2.32. The van der Waals surface area contributed by atoms with Crippen LogP contribution in [0.4, 0.5) is 13.2 Å². The van der Waals surface area contributed by atoms with Gasteiger partial charge in [-0.1, -0.05) is 20.8 Å². The molecule has 0 aliphatic heterocycles. The Morgan fingerprint density at radius 2 is 1.88 bits per heavy atom. The van der Waals surface area contributed by atoms with Gasteiger partial charge in [-0.3, -0.25) is 4.79 Å². The molecule has 0 radical (unpaired) electrons. The number of halogens is 3. The van der Waals surface area contributed by atoms with E-state index in [-0.39, 0.29) is 29.1 Å². The molecule has 0 bridgehead atoms. The van der Waals surface area contributed by atoms with Crippen LogP contribution in [0, 0.1) is 18.3 Å². The number of carbonyl (C=O) groups excluding carboxylic acids is 1. The molecule has 0 saturated carbocycles. The fourth-order valence-electron chi connectivity index (χ4n) is 3.28. The van der Waals surface area contributed by atoms with E-state index in [9.17, 15) is 18.0 Å². The van der Waals surface area contributed by atoms with Gasteiger partial charge < -0.3 is 4.90 Å². The van der Waals surface area contributed by atoms with Gasteiger partial charge >= 0.3 is 6.18 Å². The number of hydrogen-bond acceptors (Lipinski definition) is 3. The van der Waals surface area contributed by atoms with Crippen LogP contribution in [0.3, 0.4) is 0 Å². The summed E-state index contributed by atoms with van der Waals surface area (Å²) >= 11 is 0. The van der Waals surface area contributed by atoms with E-state index in [2.05, 4.69) is 9.97 Å². The third kappa shape index (κ3) is 4.24. The van der Waals surface area contributed by atoms with Gasteiger partial charge in [0.1, 0.15) is 5.82 Å². The van der Waals surface area contributed by atoms with Crippen molar-refractivity contribution >= 4 is 5.91 Å². The van der Waals surface area contributed by atoms with Crippen LogP contribution in [0.5, 0.6) is 0 Å². The van der Waals surface area contributed by atoms with E-state index in [4.69, 9.17) is 0 Å². The van der Waals surface area contributed by atoms with E-state index in [1.807, 2.05) is 20.8 Å². The van der Waals surface area contributed by atoms with E-state index in [0.717, 1.165) is 0 Å². The van der Waals surface area contributed by atoms with E-state index in [1.54, 1.807) is 11.9 Å². The number of nitrogens with zero attached hydrogens (tertiary/aromatic N) is 3. The van der Waals surface area contributed by atoms with Crippen molar-refractivity contribution in [3.05, 3.63) is 22.8 Å². The minimum Gasteiger partial charge on any atom is -0.345 e. The molecule has 0 saturated heterocycles. The molecule has 7 heteroatoms. The highest BCUT2D eigenvalue weighted by atomic mass is 19.4. The minimum atomic E-state index is -4.53. The van der Waals surface area contributed by atoms with Crippen LogP contribution in [0.15, 0.2) is 0 Å². The first-order valence-corrected chi connectivity index (χ1v) is 8.07. The molecule has 1 aliphatic carbocycles. The number of carbonyl (C=O) groups is 1. The molecule has 0 spiro atoms. The number of aryl methyl sites for hydroxylation is 2. The molecule has 0 aromatic carbocycles. The maximum absolute atomic E-state index is 13.3. The van der Waals surface area contributed by atoms with Crippen molar-refractivity contribution in [1.82, 2.24) is 14.9 Å². The molecule has 0 N–H and O–H groups in total. The van der Waals surface area contributed by atoms with E-state index >= 15 is 0 Å². The summed E-state index contributed by atoms with van der Waals surface area (Å²) in [5.41, 5.74) is -0.436. The average molecular weight is 343 g/mol. The Kier molecular flexibility index (Phi) is 4.93. The lowest BCUT2D eigenvalue weighted by atomic mass is 9.84. The molecule has 1 aromatic heterocycles. The second-order valence-electron chi connectivity index (χ2n) is 7.74. The van der Waals surface area contributed by atoms with E-state index < -0.39 is 17.8 Å². The summed E-state index contributed by atoms with van der Waals surface area (Å²) in [5.74, 6) is -0.433. The summed E-state index contributed by atoms with van der Waals surface area (Å²) < 4.78 is 39.8. The molecular formula is C17H24F3N3O. The number of alkyl halides is 3. The highest BCUT2D eigenvalue weighted by Crippen LogP contribution is 2.36. The van der Waals surface area contributed by atoms with Gasteiger partial charge in [0.05, 0.1) is 0 Å². The van der Waals surface area contributed by atoms with Crippen molar-refractivity contribution in [2.45, 2.75) is 53.1 Å². The lowest BCUT2D eigenvalue weighted by molar-refractivity contribution is -0.143. The zero-order valence-corrected chi connectivity index (χ0v) is 14.8. The van der Waals surface area contributed by atoms with Gasteiger partial charge in [-0.25, -0.2) is 9.97 Å². The first-order valence-electron chi connectivity index (χ1n) is 8.07. The Hall–Kier alpha value is -1.66. The first kappa shape index (κ1) is 18.7. The summed E-state index contributed by atoms with van der Waals surface area (Å²) in [7, 11) is 1.71. The second kappa shape index (κ2) is 6.33. The van der Waals surface area contributed by atoms with Gasteiger partial charge in [-0.2, -0.15) is 13.2 Å². The van der Waals surface area contributed by atoms with Crippen molar-refractivity contribution in [3.8, 4) is 0 Å². The van der Waals surface area contributed by atoms with Gasteiger partial charge in [0.15, 0.2) is 5.69 Å². The third-order valence-electron chi connectivity index (χ3n) is 4.09. The molecule has 1 amide bonds. The fraction of sp³-hybridized carbons (Fsp3) is 0.706. The molecule has 1 heterocycles. The Bertz CT molecular complexity index is 635. The van der Waals surface area contributed by atoms with Gasteiger partial charge in [-0.15, -0.1) is 0 Å². The molecule has 4 nitrogen and oxygen atoms in total. The summed E-state index contributed by atoms with van der Waals surface area (Å²) in [6.45, 7) is 8.08. The second-order valence-corrected chi connectivity index (χ2v) is 7.74. The standard InChI is InChI=1S/C17H24F3N3O/c1-10-21-13-7-6-11(15(24)23(5)9-16(2,3)4)8-12(13)14(22-10)17(18,19)20/h11H,6-9H2,1-5H3/t11-/m0/s1. The molecular weight excluding hydrogens is 319 g/mol. The summed E-state index contributed by atoms with van der Waals surface area (Å²) in [6.07, 6.45) is -3.58. The summed E-state index contributed by atoms with van der Waals surface area (Å²) in [5, 5.41) is 0. The quantitative estimate of drug-likeness (QED) is 0.827. The van der Waals surface area contributed by atoms with Crippen molar-refractivity contribution < 1.29 is 18.0 Å². The van der Waals surface area contributed by atoms with Crippen LogP contribution >= 0.6 is 0 Å². The minimum absolute atomic E-state index is 0.0533. The van der Waals surface area contributed by atoms with Crippen LogP contribution in [0.1, 0.15) is 50.0 Å². The van der Waals surface area contributed by atoms with Gasteiger partial charge in [0, 0.05) is 30.8 Å². The average Bonchev–Trinajstić information content (AvgIpc) is 2.42. The number of aromatic nitrogens is 2. The third-order valence-corrected chi connectivity index (χ3v) is 4.09. The molecule has 1 aromatic rings. The Morgan fingerprint density at radius 1 is 1.25 bits per heavy atom. The number of amides is 1. The van der Waals surface area contributed by atoms with Crippen LogP contribution in [-0.4, -0.2) is 34.4 Å². The molecule has 24 heavy (non-hydrogen) atoms. The maximum Gasteiger partial charge on any atom is 0.433 e. The molecule has 0 unspecified atom stereocenters. The van der Waals surface area contributed by atoms with E-state index in [1.165, 1.54) is 6.92 Å². The highest BCUT2D eigenvalue weighted by Gasteiger charge is 2.40. The van der Waals surface area contributed by atoms with Crippen LogP contribution in [0.2, 0.25) is 0 Å². The predicted molar refractivity (Wildman–Crippen MR) is 84.4 cm³/mol. The summed E-state index contributed by atoms with van der Waals surface area (Å²) in [6, 6.07) is 0. The Balaban J connectivity index is 2.27. The monoisotopic (exact) mass is 343 g/mol. The zero-order chi connectivity index (χ0) is 18.3. The van der Waals surface area contributed by atoms with Gasteiger partial charge in [-0.05, 0) is 31.6 Å². The Morgan fingerprint density at radius 3 is 2.42 bits per heavy atom. The number of hydrogen-bond donors (Lipinski definition) is 0. The largest absolute Gasteiger partial charge is 0.433 e. The maximum atomic E-state index is 13.3. The highest BCUT2D eigenvalue weighted by molar-refractivity contribution is 5.79. The molecule has 134 valence electrons. The first-order chi connectivity index (χ1) is 10.9. The van der Waals surface area contributed by atoms with Crippen molar-refractivity contribution in [2.75, 3.05) is 13.6 Å². The predicted octanol–water partition coefficient (Wildman–Crippen LogP) is 3.41. The molecule has 0 fully saturated rings. The van der Waals surface area contributed by atoms with Crippen LogP contribution < -0.4 is 0 Å². The normalized spacial score (nSPS) is 18.2. The van der Waals surface area contributed by atoms with Crippen LogP contribution in [-0.2, 0) is 23.8 Å². The molecule has 2 rings (SSSR count). The van der Waals surface area contributed by atoms with E-state index in [0.29, 0.717) is 25.1 Å². The fourth-order valence-corrected chi connectivity index (χ4v) is 3.28. The topological polar surface area (TPSA) is 46.1 Å². The summed E-state index contributed by atoms with van der Waals surface area (Å²) in [4.78, 5) is 22.0. The van der Waals surface area contributed by atoms with Crippen LogP contribution in [0.25, 0.3) is 0 Å². The molecule has 1 atom stereocenters. The SMILES string of the molecule is Cc1nc2c(c(C(F)(F)F)n1)C[C@@H](C(=O)N(C)CC(C)(C)C)CC2. The zero-order valence-electron chi connectivity index (χ0n) is 14.8. The van der Waals surface area contributed by atoms with Gasteiger partial charge in [0.2, 0.25) is 5.91 Å². The molecule has 1 aliphatic rings. The van der Waals surface area contributed by atoms with Crippen molar-refractivity contribution in [3.63, 3.8) is 0 Å². The Labute approximate surface area is 140 Å². The smallest absolute Gasteiger partial charge is 0.345 e. The lowest BCUT2D eigenvalue weighted by Crippen LogP contribution is -2.40. The number of rotatable bonds is 2. The number of fused-ring (bicyclic) bond motifs is 1.